The lowest BCUT2D eigenvalue weighted by Crippen LogP contribution is -2.25. The molecule has 2 aromatic rings. The highest BCUT2D eigenvalue weighted by Crippen LogP contribution is 2.23. The van der Waals surface area contributed by atoms with Gasteiger partial charge in [0.25, 0.3) is 5.91 Å². The smallest absolute Gasteiger partial charge is 0.264 e. The average molecular weight is 323 g/mol. The normalized spacial score (nSPS) is 12.4. The zero-order valence-electron chi connectivity index (χ0n) is 13.0. The van der Waals surface area contributed by atoms with E-state index in [4.69, 9.17) is 4.42 Å². The van der Waals surface area contributed by atoms with E-state index >= 15 is 0 Å². The zero-order valence-corrected chi connectivity index (χ0v) is 13.9. The van der Waals surface area contributed by atoms with Crippen LogP contribution in [0.4, 0.5) is 0 Å². The number of aryl methyl sites for hydroxylation is 3. The summed E-state index contributed by atoms with van der Waals surface area (Å²) in [5.74, 6) is 1.31. The van der Waals surface area contributed by atoms with Crippen molar-refractivity contribution in [1.29, 1.82) is 0 Å². The summed E-state index contributed by atoms with van der Waals surface area (Å²) >= 11 is 1.11. The Morgan fingerprint density at radius 1 is 1.50 bits per heavy atom. The first kappa shape index (κ1) is 16.6. The van der Waals surface area contributed by atoms with Gasteiger partial charge in [-0.2, -0.15) is 0 Å². The van der Waals surface area contributed by atoms with E-state index in [9.17, 15) is 9.90 Å². The largest absolute Gasteiger partial charge is 0.466 e. The Bertz CT molecular complexity index is 636. The third-order valence-corrected chi connectivity index (χ3v) is 4.16. The highest BCUT2D eigenvalue weighted by Gasteiger charge is 2.17. The predicted molar refractivity (Wildman–Crippen MR) is 84.0 cm³/mol. The summed E-state index contributed by atoms with van der Waals surface area (Å²) in [6.07, 6.45) is 1.45. The number of aliphatic hydroxyl groups is 1. The molecular weight excluding hydrogens is 302 g/mol. The van der Waals surface area contributed by atoms with Crippen LogP contribution in [-0.2, 0) is 6.42 Å². The van der Waals surface area contributed by atoms with Gasteiger partial charge in [-0.15, -0.1) is 5.10 Å². The minimum absolute atomic E-state index is 0.175. The number of rotatable bonds is 7. The number of nitrogens with zero attached hydrogens (tertiary/aromatic N) is 2. The first-order chi connectivity index (χ1) is 10.5. The molecule has 0 bridgehead atoms. The number of aromatic nitrogens is 2. The molecule has 0 aliphatic rings. The predicted octanol–water partition coefficient (Wildman–Crippen LogP) is 2.55. The third-order valence-electron chi connectivity index (χ3n) is 3.39. The van der Waals surface area contributed by atoms with Crippen molar-refractivity contribution in [2.75, 3.05) is 6.54 Å². The lowest BCUT2D eigenvalue weighted by atomic mass is 10.1. The molecule has 2 heterocycles. The van der Waals surface area contributed by atoms with E-state index in [-0.39, 0.29) is 5.91 Å². The van der Waals surface area contributed by atoms with Gasteiger partial charge in [-0.25, -0.2) is 0 Å². The second kappa shape index (κ2) is 7.51. The molecule has 0 radical (unpaired) electrons. The molecule has 1 atom stereocenters. The summed E-state index contributed by atoms with van der Waals surface area (Å²) in [5, 5.41) is 17.0. The van der Waals surface area contributed by atoms with Gasteiger partial charge in [0.15, 0.2) is 0 Å². The van der Waals surface area contributed by atoms with Gasteiger partial charge in [-0.05, 0) is 44.3 Å². The Morgan fingerprint density at radius 2 is 2.27 bits per heavy atom. The van der Waals surface area contributed by atoms with E-state index in [1.807, 2.05) is 26.8 Å². The van der Waals surface area contributed by atoms with Crippen LogP contribution in [0.2, 0.25) is 0 Å². The number of carbonyl (C=O) groups is 1. The SMILES string of the molecule is CCCc1nnsc1C(=O)NCCC(O)c1cc(C)oc1C. The van der Waals surface area contributed by atoms with Gasteiger partial charge < -0.3 is 14.8 Å². The number of nitrogens with one attached hydrogen (secondary N) is 1. The highest BCUT2D eigenvalue weighted by atomic mass is 32.1. The molecule has 0 saturated heterocycles. The number of amides is 1. The average Bonchev–Trinajstić information content (AvgIpc) is 3.05. The van der Waals surface area contributed by atoms with E-state index in [1.54, 1.807) is 0 Å². The van der Waals surface area contributed by atoms with Crippen LogP contribution in [0.1, 0.15) is 58.3 Å². The van der Waals surface area contributed by atoms with Crippen LogP contribution in [0.15, 0.2) is 10.5 Å². The summed E-state index contributed by atoms with van der Waals surface area (Å²) in [7, 11) is 0. The fraction of sp³-hybridized carbons (Fsp3) is 0.533. The number of hydrogen-bond acceptors (Lipinski definition) is 6. The van der Waals surface area contributed by atoms with Gasteiger partial charge in [0.1, 0.15) is 16.4 Å². The maximum atomic E-state index is 12.1. The molecule has 0 saturated carbocycles. The van der Waals surface area contributed by atoms with Crippen LogP contribution >= 0.6 is 11.5 Å². The molecule has 6 nitrogen and oxygen atoms in total. The molecule has 22 heavy (non-hydrogen) atoms. The molecule has 1 unspecified atom stereocenters. The van der Waals surface area contributed by atoms with Gasteiger partial charge in [-0.3, -0.25) is 4.79 Å². The van der Waals surface area contributed by atoms with Crippen molar-refractivity contribution in [3.05, 3.63) is 33.7 Å². The molecular formula is C15H21N3O3S. The minimum atomic E-state index is -0.646. The van der Waals surface area contributed by atoms with Crippen LogP contribution < -0.4 is 5.32 Å². The Balaban J connectivity index is 1.86. The Kier molecular flexibility index (Phi) is 5.68. The number of hydrogen-bond donors (Lipinski definition) is 2. The molecule has 2 rings (SSSR count). The maximum absolute atomic E-state index is 12.1. The summed E-state index contributed by atoms with van der Waals surface area (Å²) in [4.78, 5) is 12.7. The van der Waals surface area contributed by atoms with E-state index in [1.165, 1.54) is 0 Å². The fourth-order valence-electron chi connectivity index (χ4n) is 2.32. The van der Waals surface area contributed by atoms with Crippen LogP contribution in [-0.4, -0.2) is 27.1 Å². The molecule has 1 amide bonds. The van der Waals surface area contributed by atoms with Crippen molar-refractivity contribution in [1.82, 2.24) is 14.9 Å². The summed E-state index contributed by atoms with van der Waals surface area (Å²) in [6.45, 7) is 6.08. The van der Waals surface area contributed by atoms with Crippen LogP contribution in [0, 0.1) is 13.8 Å². The molecule has 2 N–H and O–H groups in total. The third kappa shape index (κ3) is 3.92. The fourth-order valence-corrected chi connectivity index (χ4v) is 2.95. The molecule has 0 aliphatic heterocycles. The van der Waals surface area contributed by atoms with Gasteiger partial charge in [0, 0.05) is 12.1 Å². The van der Waals surface area contributed by atoms with Crippen molar-refractivity contribution in [2.45, 2.75) is 46.1 Å². The van der Waals surface area contributed by atoms with Crippen molar-refractivity contribution in [3.63, 3.8) is 0 Å². The van der Waals surface area contributed by atoms with E-state index in [2.05, 4.69) is 14.9 Å². The second-order valence-corrected chi connectivity index (χ2v) is 5.98. The summed E-state index contributed by atoms with van der Waals surface area (Å²) in [5.41, 5.74) is 1.52. The minimum Gasteiger partial charge on any atom is -0.466 e. The molecule has 120 valence electrons. The monoisotopic (exact) mass is 323 g/mol. The van der Waals surface area contributed by atoms with Gasteiger partial charge >= 0.3 is 0 Å². The molecule has 0 aromatic carbocycles. The van der Waals surface area contributed by atoms with Gasteiger partial charge in [0.05, 0.1) is 11.8 Å². The van der Waals surface area contributed by atoms with Crippen molar-refractivity contribution in [3.8, 4) is 0 Å². The molecule has 0 fully saturated rings. The van der Waals surface area contributed by atoms with E-state index in [0.29, 0.717) is 23.6 Å². The Morgan fingerprint density at radius 3 is 2.91 bits per heavy atom. The van der Waals surface area contributed by atoms with E-state index < -0.39 is 6.10 Å². The van der Waals surface area contributed by atoms with Crippen molar-refractivity contribution >= 4 is 17.4 Å². The Hall–Kier alpha value is -1.73. The van der Waals surface area contributed by atoms with Crippen LogP contribution in [0.5, 0.6) is 0 Å². The van der Waals surface area contributed by atoms with E-state index in [0.717, 1.165) is 41.4 Å². The standard InChI is InChI=1S/C15H21N3O3S/c1-4-5-12-14(22-18-17-12)15(20)16-7-6-13(19)11-8-9(2)21-10(11)3/h8,13,19H,4-7H2,1-3H3,(H,16,20). The quantitative estimate of drug-likeness (QED) is 0.817. The number of aliphatic hydroxyl groups excluding tert-OH is 1. The molecule has 0 aliphatic carbocycles. The van der Waals surface area contributed by atoms with Gasteiger partial charge in [-0.1, -0.05) is 17.8 Å². The second-order valence-electron chi connectivity index (χ2n) is 5.23. The summed E-state index contributed by atoms with van der Waals surface area (Å²) < 4.78 is 9.24. The lowest BCUT2D eigenvalue weighted by molar-refractivity contribution is 0.0945. The zero-order chi connectivity index (χ0) is 16.1. The number of carbonyl (C=O) groups excluding carboxylic acids is 1. The first-order valence-corrected chi connectivity index (χ1v) is 8.14. The highest BCUT2D eigenvalue weighted by molar-refractivity contribution is 7.08. The lowest BCUT2D eigenvalue weighted by Gasteiger charge is -2.10. The topological polar surface area (TPSA) is 88.2 Å². The van der Waals surface area contributed by atoms with Gasteiger partial charge in [0.2, 0.25) is 0 Å². The first-order valence-electron chi connectivity index (χ1n) is 7.37. The van der Waals surface area contributed by atoms with Crippen molar-refractivity contribution in [2.24, 2.45) is 0 Å². The van der Waals surface area contributed by atoms with Crippen LogP contribution in [0.3, 0.4) is 0 Å². The molecule has 2 aromatic heterocycles. The summed E-state index contributed by atoms with van der Waals surface area (Å²) in [6, 6.07) is 1.83. The van der Waals surface area contributed by atoms with Crippen molar-refractivity contribution < 1.29 is 14.3 Å². The maximum Gasteiger partial charge on any atom is 0.264 e. The number of furan rings is 1. The molecule has 7 heteroatoms. The Labute approximate surface area is 133 Å². The molecule has 0 spiro atoms. The van der Waals surface area contributed by atoms with Crippen LogP contribution in [0.25, 0.3) is 0 Å².